The molecule has 66 heavy (non-hydrogen) atoms. The van der Waals surface area contributed by atoms with Gasteiger partial charge in [-0.1, -0.05) is 119 Å². The normalized spacial score (nSPS) is 11.2. The van der Waals surface area contributed by atoms with Crippen LogP contribution in [0.1, 0.15) is 196 Å². The van der Waals surface area contributed by atoms with Gasteiger partial charge in [0.1, 0.15) is 0 Å². The van der Waals surface area contributed by atoms with E-state index in [0.717, 1.165) is 77.0 Å². The summed E-state index contributed by atoms with van der Waals surface area (Å²) in [5, 5.41) is 2.96. The molecule has 4 rings (SSSR count). The Hall–Kier alpha value is -5.52. The van der Waals surface area contributed by atoms with Crippen molar-refractivity contribution in [2.45, 2.75) is 196 Å². The summed E-state index contributed by atoms with van der Waals surface area (Å²) in [7, 11) is 0. The average Bonchev–Trinajstić information content (AvgIpc) is 3.28. The van der Waals surface area contributed by atoms with Gasteiger partial charge in [0.15, 0.2) is 34.5 Å². The molecule has 0 spiro atoms. The second-order valence-corrected chi connectivity index (χ2v) is 17.1. The summed E-state index contributed by atoms with van der Waals surface area (Å²) in [6, 6.07) is 9.70. The molecule has 0 bridgehead atoms. The standard InChI is InChI=1S/C54H72O12/c1-7-13-19-25-49(55)61-43-31-37-38(32-44(43)62-50(56)26-20-14-8-2)40-34-46(64-52(58)28-22-16-10-4)48(66-54(60)30-24-18-12-6)36-42(40)41-35-47(65-53(59)29-23-17-11-5)45(33-39(37)41)63-51(57)27-21-15-9-3/h31-36H,7-30H2,1-6H3. The summed E-state index contributed by atoms with van der Waals surface area (Å²) in [6.07, 6.45) is 14.9. The highest BCUT2D eigenvalue weighted by atomic mass is 16.6. The summed E-state index contributed by atoms with van der Waals surface area (Å²) < 4.78 is 35.9. The molecule has 0 amide bonds. The molecule has 0 radical (unpaired) electrons. The first-order valence-electron chi connectivity index (χ1n) is 24.8. The predicted molar refractivity (Wildman–Crippen MR) is 258 cm³/mol. The van der Waals surface area contributed by atoms with Gasteiger partial charge >= 0.3 is 35.8 Å². The molecule has 12 nitrogen and oxygen atoms in total. The topological polar surface area (TPSA) is 158 Å². The number of unbranched alkanes of at least 4 members (excludes halogenated alkanes) is 12. The molecule has 0 aliphatic heterocycles. The SMILES string of the molecule is CCCCCC(=O)Oc1cc2c3cc(OC(=O)CCCCC)c(OC(=O)CCCCC)cc3c3cc(OC(=O)CCCCC)c(OC(=O)CCCCC)cc3c2cc1OC(=O)CCCCC. The molecule has 0 aromatic heterocycles. The fourth-order valence-corrected chi connectivity index (χ4v) is 7.65. The van der Waals surface area contributed by atoms with Gasteiger partial charge in [0.2, 0.25) is 0 Å². The van der Waals surface area contributed by atoms with Gasteiger partial charge in [-0.2, -0.15) is 0 Å². The lowest BCUT2D eigenvalue weighted by molar-refractivity contribution is -0.137. The molecule has 0 N–H and O–H groups in total. The smallest absolute Gasteiger partial charge is 0.311 e. The first-order valence-corrected chi connectivity index (χ1v) is 24.8. The number of carbonyl (C=O) groups is 6. The number of hydrogen-bond acceptors (Lipinski definition) is 12. The third kappa shape index (κ3) is 16.4. The van der Waals surface area contributed by atoms with E-state index < -0.39 is 35.8 Å². The number of benzene rings is 4. The van der Waals surface area contributed by atoms with E-state index in [9.17, 15) is 28.8 Å². The second-order valence-electron chi connectivity index (χ2n) is 17.1. The van der Waals surface area contributed by atoms with Gasteiger partial charge in [-0.3, -0.25) is 28.8 Å². The zero-order valence-electron chi connectivity index (χ0n) is 40.3. The van der Waals surface area contributed by atoms with Crippen LogP contribution in [0.4, 0.5) is 0 Å². The number of hydrogen-bond donors (Lipinski definition) is 0. The Morgan fingerprint density at radius 3 is 0.515 bits per heavy atom. The summed E-state index contributed by atoms with van der Waals surface area (Å²) >= 11 is 0. The number of rotatable bonds is 30. The molecule has 0 unspecified atom stereocenters. The Labute approximate surface area is 390 Å². The largest absolute Gasteiger partial charge is 0.422 e. The van der Waals surface area contributed by atoms with Crippen LogP contribution in [0.5, 0.6) is 34.5 Å². The van der Waals surface area contributed by atoms with Crippen molar-refractivity contribution in [2.75, 3.05) is 0 Å². The van der Waals surface area contributed by atoms with Gasteiger partial charge in [-0.25, -0.2) is 0 Å². The Bertz CT molecular complexity index is 1840. The minimum Gasteiger partial charge on any atom is -0.422 e. The first kappa shape index (κ1) is 53.1. The molecule has 0 atom stereocenters. The summed E-state index contributed by atoms with van der Waals surface area (Å²) in [5.41, 5.74) is 0. The molecular formula is C54H72O12. The molecule has 12 heteroatoms. The maximum absolute atomic E-state index is 13.4. The fraction of sp³-hybridized carbons (Fsp3) is 0.556. The maximum Gasteiger partial charge on any atom is 0.311 e. The van der Waals surface area contributed by atoms with Crippen LogP contribution < -0.4 is 28.4 Å². The molecule has 0 fully saturated rings. The number of esters is 6. The average molecular weight is 913 g/mol. The Kier molecular flexibility index (Phi) is 22.9. The monoisotopic (exact) mass is 913 g/mol. The minimum atomic E-state index is -0.502. The highest BCUT2D eigenvalue weighted by molar-refractivity contribution is 6.27. The van der Waals surface area contributed by atoms with Crippen LogP contribution in [0.25, 0.3) is 32.3 Å². The van der Waals surface area contributed by atoms with Crippen molar-refractivity contribution in [2.24, 2.45) is 0 Å². The van der Waals surface area contributed by atoms with E-state index in [4.69, 9.17) is 28.4 Å². The van der Waals surface area contributed by atoms with Gasteiger partial charge < -0.3 is 28.4 Å². The van der Waals surface area contributed by atoms with Gasteiger partial charge in [-0.15, -0.1) is 0 Å². The zero-order chi connectivity index (χ0) is 47.8. The lowest BCUT2D eigenvalue weighted by Gasteiger charge is -2.19. The number of carbonyl (C=O) groups excluding carboxylic acids is 6. The van der Waals surface area contributed by atoms with Crippen molar-refractivity contribution in [3.63, 3.8) is 0 Å². The molecule has 0 aliphatic carbocycles. The zero-order valence-corrected chi connectivity index (χ0v) is 40.3. The lowest BCUT2D eigenvalue weighted by Crippen LogP contribution is -2.13. The Balaban J connectivity index is 2.12. The lowest BCUT2D eigenvalue weighted by atomic mass is 9.93. The van der Waals surface area contributed by atoms with E-state index in [1.165, 1.54) is 0 Å². The minimum absolute atomic E-state index is 0.0123. The summed E-state index contributed by atoms with van der Waals surface area (Å²) in [6.45, 7) is 12.2. The first-order chi connectivity index (χ1) is 32.0. The molecule has 0 heterocycles. The van der Waals surface area contributed by atoms with Crippen molar-refractivity contribution in [1.82, 2.24) is 0 Å². The van der Waals surface area contributed by atoms with E-state index >= 15 is 0 Å². The van der Waals surface area contributed by atoms with Crippen molar-refractivity contribution >= 4 is 68.1 Å². The molecule has 0 saturated heterocycles. The van der Waals surface area contributed by atoms with Gasteiger partial charge in [0.25, 0.3) is 0 Å². The summed E-state index contributed by atoms with van der Waals surface area (Å²) in [4.78, 5) is 80.2. The third-order valence-electron chi connectivity index (χ3n) is 11.4. The number of fused-ring (bicyclic) bond motifs is 6. The van der Waals surface area contributed by atoms with Gasteiger partial charge in [0, 0.05) is 38.5 Å². The Morgan fingerprint density at radius 1 is 0.258 bits per heavy atom. The van der Waals surface area contributed by atoms with Gasteiger partial charge in [-0.05, 0) is 107 Å². The van der Waals surface area contributed by atoms with Crippen molar-refractivity contribution in [3.05, 3.63) is 36.4 Å². The van der Waals surface area contributed by atoms with Crippen LogP contribution in [0.15, 0.2) is 36.4 Å². The summed E-state index contributed by atoms with van der Waals surface area (Å²) in [5.74, 6) is -2.94. The highest BCUT2D eigenvalue weighted by Crippen LogP contribution is 2.47. The molecular weight excluding hydrogens is 841 g/mol. The maximum atomic E-state index is 13.4. The highest BCUT2D eigenvalue weighted by Gasteiger charge is 2.25. The van der Waals surface area contributed by atoms with Crippen LogP contribution in [0.2, 0.25) is 0 Å². The van der Waals surface area contributed by atoms with E-state index in [1.54, 1.807) is 36.4 Å². The van der Waals surface area contributed by atoms with E-state index in [-0.39, 0.29) is 73.0 Å². The van der Waals surface area contributed by atoms with E-state index in [2.05, 4.69) is 0 Å². The van der Waals surface area contributed by atoms with Crippen molar-refractivity contribution < 1.29 is 57.2 Å². The van der Waals surface area contributed by atoms with E-state index in [0.29, 0.717) is 70.8 Å². The van der Waals surface area contributed by atoms with Crippen LogP contribution in [0, 0.1) is 0 Å². The molecule has 4 aromatic rings. The quantitative estimate of drug-likeness (QED) is 0.0211. The Morgan fingerprint density at radius 2 is 0.394 bits per heavy atom. The van der Waals surface area contributed by atoms with Crippen LogP contribution >= 0.6 is 0 Å². The molecule has 0 saturated carbocycles. The van der Waals surface area contributed by atoms with E-state index in [1.807, 2.05) is 41.5 Å². The fourth-order valence-electron chi connectivity index (χ4n) is 7.65. The molecule has 4 aromatic carbocycles. The van der Waals surface area contributed by atoms with Crippen LogP contribution in [-0.4, -0.2) is 35.8 Å². The van der Waals surface area contributed by atoms with Crippen LogP contribution in [-0.2, 0) is 28.8 Å². The molecule has 0 aliphatic rings. The van der Waals surface area contributed by atoms with Crippen LogP contribution in [0.3, 0.4) is 0 Å². The van der Waals surface area contributed by atoms with Gasteiger partial charge in [0.05, 0.1) is 0 Å². The van der Waals surface area contributed by atoms with Crippen molar-refractivity contribution in [3.8, 4) is 34.5 Å². The second kappa shape index (κ2) is 28.5. The third-order valence-corrected chi connectivity index (χ3v) is 11.4. The predicted octanol–water partition coefficient (Wildman–Crippen LogP) is 14.1. The molecule has 360 valence electrons. The van der Waals surface area contributed by atoms with Crippen molar-refractivity contribution in [1.29, 1.82) is 0 Å². The number of ether oxygens (including phenoxy) is 6.